The van der Waals surface area contributed by atoms with Crippen LogP contribution in [0.4, 0.5) is 11.4 Å². The van der Waals surface area contributed by atoms with Gasteiger partial charge in [0.15, 0.2) is 9.84 Å². The fourth-order valence-corrected chi connectivity index (χ4v) is 3.65. The minimum Gasteiger partial charge on any atom is -0.375 e. The predicted octanol–water partition coefficient (Wildman–Crippen LogP) is 1.86. The Hall–Kier alpha value is -2.16. The van der Waals surface area contributed by atoms with Gasteiger partial charge < -0.3 is 10.6 Å². The standard InChI is InChI=1S/C15H21N3O5S/c1-24(22,23)14-9-12(18(20)21)7-8-13(14)16-10-15(19)17-11-5-3-2-4-6-11/h7-9,11,16H,2-6,10H2,1H3,(H,17,19). The second kappa shape index (κ2) is 7.61. The average molecular weight is 355 g/mol. The van der Waals surface area contributed by atoms with Gasteiger partial charge in [-0.1, -0.05) is 19.3 Å². The molecule has 1 amide bonds. The number of nitrogens with zero attached hydrogens (tertiary/aromatic N) is 1. The molecule has 1 aliphatic rings. The Morgan fingerprint density at radius 2 is 1.96 bits per heavy atom. The average Bonchev–Trinajstić information content (AvgIpc) is 2.52. The van der Waals surface area contributed by atoms with Crippen LogP contribution in [0.3, 0.4) is 0 Å². The first-order valence-corrected chi connectivity index (χ1v) is 9.68. The minimum atomic E-state index is -3.66. The van der Waals surface area contributed by atoms with E-state index in [1.54, 1.807) is 0 Å². The van der Waals surface area contributed by atoms with E-state index in [9.17, 15) is 23.3 Å². The lowest BCUT2D eigenvalue weighted by molar-refractivity contribution is -0.385. The molecule has 0 aliphatic heterocycles. The molecule has 2 N–H and O–H groups in total. The van der Waals surface area contributed by atoms with E-state index in [0.717, 1.165) is 38.0 Å². The highest BCUT2D eigenvalue weighted by Gasteiger charge is 2.20. The molecule has 132 valence electrons. The lowest BCUT2D eigenvalue weighted by atomic mass is 9.95. The Bertz CT molecular complexity index is 727. The number of non-ortho nitro benzene ring substituents is 1. The molecular weight excluding hydrogens is 334 g/mol. The van der Waals surface area contributed by atoms with Gasteiger partial charge in [0.1, 0.15) is 0 Å². The Labute approximate surface area is 140 Å². The number of anilines is 1. The summed E-state index contributed by atoms with van der Waals surface area (Å²) in [6.07, 6.45) is 6.26. The van der Waals surface area contributed by atoms with E-state index in [-0.39, 0.29) is 34.8 Å². The number of nitro benzene ring substituents is 1. The molecule has 24 heavy (non-hydrogen) atoms. The van der Waals surface area contributed by atoms with Gasteiger partial charge in [-0.15, -0.1) is 0 Å². The highest BCUT2D eigenvalue weighted by molar-refractivity contribution is 7.90. The summed E-state index contributed by atoms with van der Waals surface area (Å²) in [6.45, 7) is -0.0865. The van der Waals surface area contributed by atoms with Crippen LogP contribution in [0.2, 0.25) is 0 Å². The number of nitro groups is 1. The molecule has 1 aromatic rings. The topological polar surface area (TPSA) is 118 Å². The van der Waals surface area contributed by atoms with Crippen LogP contribution in [0.5, 0.6) is 0 Å². The quantitative estimate of drug-likeness (QED) is 0.594. The van der Waals surface area contributed by atoms with Gasteiger partial charge in [0.25, 0.3) is 5.69 Å². The zero-order valence-electron chi connectivity index (χ0n) is 13.4. The molecular formula is C15H21N3O5S. The maximum Gasteiger partial charge on any atom is 0.270 e. The molecule has 0 unspecified atom stereocenters. The van der Waals surface area contributed by atoms with Crippen LogP contribution in [-0.4, -0.2) is 38.1 Å². The maximum absolute atomic E-state index is 12.0. The van der Waals surface area contributed by atoms with Crippen molar-refractivity contribution in [2.24, 2.45) is 0 Å². The SMILES string of the molecule is CS(=O)(=O)c1cc([N+](=O)[O-])ccc1NCC(=O)NC1CCCCC1. The summed E-state index contributed by atoms with van der Waals surface area (Å²) in [5.74, 6) is -0.222. The molecule has 0 radical (unpaired) electrons. The number of rotatable bonds is 6. The zero-order chi connectivity index (χ0) is 17.7. The third-order valence-corrected chi connectivity index (χ3v) is 5.12. The maximum atomic E-state index is 12.0. The van der Waals surface area contributed by atoms with Crippen molar-refractivity contribution >= 4 is 27.1 Å². The molecule has 0 bridgehead atoms. The van der Waals surface area contributed by atoms with Crippen molar-refractivity contribution in [1.82, 2.24) is 5.32 Å². The van der Waals surface area contributed by atoms with Crippen LogP contribution in [-0.2, 0) is 14.6 Å². The van der Waals surface area contributed by atoms with Crippen LogP contribution in [0.25, 0.3) is 0 Å². The first-order chi connectivity index (χ1) is 11.3. The second-order valence-electron chi connectivity index (χ2n) is 5.97. The molecule has 1 aromatic carbocycles. The number of carbonyl (C=O) groups is 1. The van der Waals surface area contributed by atoms with Gasteiger partial charge in [0.2, 0.25) is 5.91 Å². The largest absolute Gasteiger partial charge is 0.375 e. The van der Waals surface area contributed by atoms with Crippen molar-refractivity contribution in [3.63, 3.8) is 0 Å². The number of amides is 1. The fourth-order valence-electron chi connectivity index (χ4n) is 2.78. The monoisotopic (exact) mass is 355 g/mol. The van der Waals surface area contributed by atoms with Crippen molar-refractivity contribution < 1.29 is 18.1 Å². The van der Waals surface area contributed by atoms with Crippen LogP contribution in [0.15, 0.2) is 23.1 Å². The van der Waals surface area contributed by atoms with E-state index in [1.165, 1.54) is 18.6 Å². The lowest BCUT2D eigenvalue weighted by Crippen LogP contribution is -2.39. The molecule has 0 spiro atoms. The van der Waals surface area contributed by atoms with Gasteiger partial charge in [-0.3, -0.25) is 14.9 Å². The number of sulfone groups is 1. The third-order valence-electron chi connectivity index (χ3n) is 3.99. The van der Waals surface area contributed by atoms with Crippen LogP contribution >= 0.6 is 0 Å². The summed E-state index contributed by atoms with van der Waals surface area (Å²) in [6, 6.07) is 3.68. The molecule has 0 saturated heterocycles. The second-order valence-corrected chi connectivity index (χ2v) is 7.95. The normalized spacial score (nSPS) is 15.7. The van der Waals surface area contributed by atoms with E-state index in [1.807, 2.05) is 0 Å². The van der Waals surface area contributed by atoms with Gasteiger partial charge in [0, 0.05) is 24.4 Å². The predicted molar refractivity (Wildman–Crippen MR) is 89.7 cm³/mol. The first kappa shape index (κ1) is 18.2. The minimum absolute atomic E-state index is 0.0865. The summed E-state index contributed by atoms with van der Waals surface area (Å²) in [5.41, 5.74) is -0.130. The van der Waals surface area contributed by atoms with Crippen LogP contribution in [0, 0.1) is 10.1 Å². The summed E-state index contributed by atoms with van der Waals surface area (Å²) < 4.78 is 23.7. The molecule has 0 heterocycles. The Morgan fingerprint density at radius 1 is 1.29 bits per heavy atom. The van der Waals surface area contributed by atoms with Gasteiger partial charge >= 0.3 is 0 Å². The molecule has 9 heteroatoms. The number of carbonyl (C=O) groups excluding carboxylic acids is 1. The summed E-state index contributed by atoms with van der Waals surface area (Å²) >= 11 is 0. The van der Waals surface area contributed by atoms with E-state index in [0.29, 0.717) is 0 Å². The van der Waals surface area contributed by atoms with Crippen molar-refractivity contribution in [2.75, 3.05) is 18.1 Å². The summed E-state index contributed by atoms with van der Waals surface area (Å²) in [5, 5.41) is 16.5. The zero-order valence-corrected chi connectivity index (χ0v) is 14.3. The van der Waals surface area contributed by atoms with Crippen molar-refractivity contribution in [2.45, 2.75) is 43.0 Å². The number of nitrogens with one attached hydrogen (secondary N) is 2. The lowest BCUT2D eigenvalue weighted by Gasteiger charge is -2.23. The molecule has 0 aromatic heterocycles. The number of hydrogen-bond acceptors (Lipinski definition) is 6. The van der Waals surface area contributed by atoms with E-state index < -0.39 is 14.8 Å². The molecule has 1 fully saturated rings. The molecule has 8 nitrogen and oxygen atoms in total. The Kier molecular flexibility index (Phi) is 5.76. The number of hydrogen-bond donors (Lipinski definition) is 2. The smallest absolute Gasteiger partial charge is 0.270 e. The van der Waals surface area contributed by atoms with E-state index in [2.05, 4.69) is 10.6 Å². The molecule has 0 atom stereocenters. The van der Waals surface area contributed by atoms with Gasteiger partial charge in [-0.2, -0.15) is 0 Å². The third kappa shape index (κ3) is 4.92. The summed E-state index contributed by atoms with van der Waals surface area (Å²) in [7, 11) is -3.66. The van der Waals surface area contributed by atoms with Crippen molar-refractivity contribution in [3.05, 3.63) is 28.3 Å². The molecule has 1 aliphatic carbocycles. The number of benzene rings is 1. The molecule has 1 saturated carbocycles. The van der Waals surface area contributed by atoms with Gasteiger partial charge in [-0.05, 0) is 18.9 Å². The van der Waals surface area contributed by atoms with Gasteiger partial charge in [-0.25, -0.2) is 8.42 Å². The van der Waals surface area contributed by atoms with Crippen LogP contribution in [0.1, 0.15) is 32.1 Å². The first-order valence-electron chi connectivity index (χ1n) is 7.79. The van der Waals surface area contributed by atoms with E-state index in [4.69, 9.17) is 0 Å². The van der Waals surface area contributed by atoms with Crippen molar-refractivity contribution in [1.29, 1.82) is 0 Å². The Morgan fingerprint density at radius 3 is 2.54 bits per heavy atom. The highest BCUT2D eigenvalue weighted by atomic mass is 32.2. The molecule has 2 rings (SSSR count). The van der Waals surface area contributed by atoms with Crippen LogP contribution < -0.4 is 10.6 Å². The Balaban J connectivity index is 2.05. The van der Waals surface area contributed by atoms with E-state index >= 15 is 0 Å². The van der Waals surface area contributed by atoms with Gasteiger partial charge in [0.05, 0.1) is 22.1 Å². The van der Waals surface area contributed by atoms with Crippen molar-refractivity contribution in [3.8, 4) is 0 Å². The fraction of sp³-hybridized carbons (Fsp3) is 0.533. The summed E-state index contributed by atoms with van der Waals surface area (Å²) in [4.78, 5) is 21.9. The highest BCUT2D eigenvalue weighted by Crippen LogP contribution is 2.26.